The first-order valence-corrected chi connectivity index (χ1v) is 7.83. The van der Waals surface area contributed by atoms with E-state index in [1.165, 1.54) is 44.9 Å². The Morgan fingerprint density at radius 2 is 1.89 bits per heavy atom. The van der Waals surface area contributed by atoms with Gasteiger partial charge in [0.2, 0.25) is 0 Å². The third-order valence-electron chi connectivity index (χ3n) is 4.88. The van der Waals surface area contributed by atoms with Crippen molar-refractivity contribution in [1.82, 2.24) is 0 Å². The monoisotopic (exact) mass is 253 g/mol. The molecule has 0 aromatic carbocycles. The zero-order valence-corrected chi connectivity index (χ0v) is 12.5. The van der Waals surface area contributed by atoms with E-state index in [9.17, 15) is 0 Å². The molecule has 106 valence electrons. The van der Waals surface area contributed by atoms with Gasteiger partial charge in [0.1, 0.15) is 0 Å². The molecule has 0 aromatic heterocycles. The third-order valence-corrected chi connectivity index (χ3v) is 4.88. The van der Waals surface area contributed by atoms with Crippen LogP contribution in [0.4, 0.5) is 0 Å². The molecule has 3 unspecified atom stereocenters. The van der Waals surface area contributed by atoms with Gasteiger partial charge in [0, 0.05) is 6.04 Å². The van der Waals surface area contributed by atoms with Gasteiger partial charge in [-0.3, -0.25) is 0 Å². The second-order valence-electron chi connectivity index (χ2n) is 7.58. The molecule has 3 atom stereocenters. The molecule has 0 amide bonds. The van der Waals surface area contributed by atoms with Crippen LogP contribution in [0.15, 0.2) is 0 Å². The maximum atomic E-state index is 6.27. The molecule has 0 radical (unpaired) electrons. The molecule has 2 rings (SSSR count). The van der Waals surface area contributed by atoms with Crippen molar-refractivity contribution in [3.63, 3.8) is 0 Å². The van der Waals surface area contributed by atoms with E-state index >= 15 is 0 Å². The topological polar surface area (TPSA) is 35.2 Å². The lowest BCUT2D eigenvalue weighted by Crippen LogP contribution is -2.38. The van der Waals surface area contributed by atoms with E-state index in [1.54, 1.807) is 0 Å². The van der Waals surface area contributed by atoms with Gasteiger partial charge in [0.05, 0.1) is 12.7 Å². The van der Waals surface area contributed by atoms with Gasteiger partial charge < -0.3 is 10.5 Å². The van der Waals surface area contributed by atoms with Crippen molar-refractivity contribution < 1.29 is 4.74 Å². The maximum Gasteiger partial charge on any atom is 0.0623 e. The molecule has 0 heterocycles. The average molecular weight is 253 g/mol. The first-order valence-electron chi connectivity index (χ1n) is 7.83. The highest BCUT2D eigenvalue weighted by Gasteiger charge is 2.33. The smallest absolute Gasteiger partial charge is 0.0623 e. The van der Waals surface area contributed by atoms with Gasteiger partial charge >= 0.3 is 0 Å². The molecule has 2 nitrogen and oxygen atoms in total. The molecule has 2 heteroatoms. The lowest BCUT2D eigenvalue weighted by Gasteiger charge is -2.39. The van der Waals surface area contributed by atoms with Crippen LogP contribution in [0, 0.1) is 17.3 Å². The normalized spacial score (nSPS) is 34.7. The molecule has 0 aromatic rings. The highest BCUT2D eigenvalue weighted by molar-refractivity contribution is 4.84. The summed E-state index contributed by atoms with van der Waals surface area (Å²) in [6.45, 7) is 7.87. The average Bonchev–Trinajstić information content (AvgIpc) is 2.76. The summed E-state index contributed by atoms with van der Waals surface area (Å²) in [5, 5.41) is 0. The fraction of sp³-hybridized carbons (Fsp3) is 1.00. The van der Waals surface area contributed by atoms with Crippen molar-refractivity contribution in [1.29, 1.82) is 0 Å². The van der Waals surface area contributed by atoms with Crippen LogP contribution >= 0.6 is 0 Å². The minimum atomic E-state index is 0.271. The fourth-order valence-corrected chi connectivity index (χ4v) is 4.15. The van der Waals surface area contributed by atoms with E-state index in [0.717, 1.165) is 18.4 Å². The standard InChI is InChI=1S/C16H31NO/c1-12-8-14(10-16(2,3)9-12)18-11-15(17)13-6-4-5-7-13/h12-15H,4-11,17H2,1-3H3. The van der Waals surface area contributed by atoms with Crippen molar-refractivity contribution in [2.45, 2.75) is 77.9 Å². The summed E-state index contributed by atoms with van der Waals surface area (Å²) in [6, 6.07) is 0.271. The summed E-state index contributed by atoms with van der Waals surface area (Å²) < 4.78 is 6.14. The van der Waals surface area contributed by atoms with E-state index in [0.29, 0.717) is 11.5 Å². The zero-order chi connectivity index (χ0) is 13.2. The van der Waals surface area contributed by atoms with Crippen LogP contribution in [0.3, 0.4) is 0 Å². The van der Waals surface area contributed by atoms with Gasteiger partial charge in [0.15, 0.2) is 0 Å². The molecule has 18 heavy (non-hydrogen) atoms. The van der Waals surface area contributed by atoms with Crippen LogP contribution < -0.4 is 5.73 Å². The Balaban J connectivity index is 1.75. The Kier molecular flexibility index (Phi) is 4.71. The SMILES string of the molecule is CC1CC(OCC(N)C2CCCC2)CC(C)(C)C1. The second-order valence-corrected chi connectivity index (χ2v) is 7.58. The lowest BCUT2D eigenvalue weighted by molar-refractivity contribution is -0.0319. The van der Waals surface area contributed by atoms with Gasteiger partial charge in [0.25, 0.3) is 0 Å². The zero-order valence-electron chi connectivity index (χ0n) is 12.5. The van der Waals surface area contributed by atoms with E-state index in [1.807, 2.05) is 0 Å². The predicted octanol–water partition coefficient (Wildman–Crippen LogP) is 3.74. The summed E-state index contributed by atoms with van der Waals surface area (Å²) in [5.41, 5.74) is 6.72. The molecule has 2 fully saturated rings. The van der Waals surface area contributed by atoms with Gasteiger partial charge in [-0.2, -0.15) is 0 Å². The Morgan fingerprint density at radius 3 is 2.50 bits per heavy atom. The van der Waals surface area contributed by atoms with Crippen LogP contribution in [-0.2, 0) is 4.74 Å². The third kappa shape index (κ3) is 3.96. The summed E-state index contributed by atoms with van der Waals surface area (Å²) >= 11 is 0. The van der Waals surface area contributed by atoms with Crippen molar-refractivity contribution in [3.8, 4) is 0 Å². The lowest BCUT2D eigenvalue weighted by atomic mass is 9.71. The molecule has 2 aliphatic rings. The van der Waals surface area contributed by atoms with Crippen LogP contribution in [0.5, 0.6) is 0 Å². The highest BCUT2D eigenvalue weighted by atomic mass is 16.5. The first-order chi connectivity index (χ1) is 8.46. The van der Waals surface area contributed by atoms with Crippen molar-refractivity contribution in [2.75, 3.05) is 6.61 Å². The summed E-state index contributed by atoms with van der Waals surface area (Å²) in [6.07, 6.45) is 9.57. The molecule has 0 aliphatic heterocycles. The van der Waals surface area contributed by atoms with Crippen molar-refractivity contribution in [3.05, 3.63) is 0 Å². The van der Waals surface area contributed by atoms with Gasteiger partial charge in [-0.1, -0.05) is 33.6 Å². The number of ether oxygens (including phenoxy) is 1. The highest BCUT2D eigenvalue weighted by Crippen LogP contribution is 2.39. The molecule has 2 N–H and O–H groups in total. The quantitative estimate of drug-likeness (QED) is 0.828. The number of rotatable bonds is 4. The van der Waals surface area contributed by atoms with Crippen molar-refractivity contribution >= 4 is 0 Å². The van der Waals surface area contributed by atoms with Gasteiger partial charge in [-0.05, 0) is 49.4 Å². The molecule has 2 aliphatic carbocycles. The Morgan fingerprint density at radius 1 is 1.22 bits per heavy atom. The molecule has 0 spiro atoms. The number of hydrogen-bond acceptors (Lipinski definition) is 2. The van der Waals surface area contributed by atoms with E-state index in [2.05, 4.69) is 20.8 Å². The summed E-state index contributed by atoms with van der Waals surface area (Å²) in [7, 11) is 0. The van der Waals surface area contributed by atoms with Gasteiger partial charge in [-0.25, -0.2) is 0 Å². The van der Waals surface area contributed by atoms with Crippen LogP contribution in [-0.4, -0.2) is 18.8 Å². The Bertz CT molecular complexity index is 258. The largest absolute Gasteiger partial charge is 0.377 e. The minimum absolute atomic E-state index is 0.271. The predicted molar refractivity (Wildman–Crippen MR) is 76.5 cm³/mol. The Labute approximate surface area is 113 Å². The summed E-state index contributed by atoms with van der Waals surface area (Å²) in [4.78, 5) is 0. The van der Waals surface area contributed by atoms with Crippen LogP contribution in [0.25, 0.3) is 0 Å². The Hall–Kier alpha value is -0.0800. The van der Waals surface area contributed by atoms with Crippen molar-refractivity contribution in [2.24, 2.45) is 23.0 Å². The van der Waals surface area contributed by atoms with Crippen LogP contribution in [0.2, 0.25) is 0 Å². The van der Waals surface area contributed by atoms with E-state index in [-0.39, 0.29) is 6.04 Å². The summed E-state index contributed by atoms with van der Waals surface area (Å²) in [5.74, 6) is 1.51. The number of nitrogens with two attached hydrogens (primary N) is 1. The van der Waals surface area contributed by atoms with E-state index in [4.69, 9.17) is 10.5 Å². The molecule has 2 saturated carbocycles. The van der Waals surface area contributed by atoms with E-state index < -0.39 is 0 Å². The number of hydrogen-bond donors (Lipinski definition) is 1. The minimum Gasteiger partial charge on any atom is -0.377 e. The molecular formula is C16H31NO. The molecular weight excluding hydrogens is 222 g/mol. The molecule has 0 bridgehead atoms. The first kappa shape index (κ1) is 14.3. The molecule has 0 saturated heterocycles. The fourth-order valence-electron chi connectivity index (χ4n) is 4.15. The van der Waals surface area contributed by atoms with Crippen LogP contribution in [0.1, 0.15) is 65.7 Å². The van der Waals surface area contributed by atoms with Gasteiger partial charge in [-0.15, -0.1) is 0 Å². The maximum absolute atomic E-state index is 6.27. The second kappa shape index (κ2) is 5.92.